The van der Waals surface area contributed by atoms with Gasteiger partial charge < -0.3 is 25.5 Å². The van der Waals surface area contributed by atoms with Gasteiger partial charge in [-0.3, -0.25) is 4.79 Å². The number of carbonyl (C=O) groups excluding carboxylic acids is 1. The maximum absolute atomic E-state index is 11.9. The molecule has 164 valence electrons. The summed E-state index contributed by atoms with van der Waals surface area (Å²) in [5, 5.41) is 16.2. The van der Waals surface area contributed by atoms with Crippen molar-refractivity contribution in [2.75, 3.05) is 26.2 Å². The van der Waals surface area contributed by atoms with Gasteiger partial charge in [0.05, 0.1) is 11.0 Å². The zero-order chi connectivity index (χ0) is 21.5. The first kappa shape index (κ1) is 21.3. The number of aliphatic hydroxyl groups excluding tert-OH is 1. The number of aliphatic hydroxyl groups is 1. The second-order valence-corrected chi connectivity index (χ2v) is 8.07. The Kier molecular flexibility index (Phi) is 7.17. The van der Waals surface area contributed by atoms with Gasteiger partial charge in [-0.2, -0.15) is 0 Å². The van der Waals surface area contributed by atoms with Crippen molar-refractivity contribution in [2.45, 2.75) is 31.8 Å². The molecule has 31 heavy (non-hydrogen) atoms. The van der Waals surface area contributed by atoms with Gasteiger partial charge in [0.25, 0.3) is 0 Å². The van der Waals surface area contributed by atoms with E-state index < -0.39 is 6.10 Å². The Labute approximate surface area is 182 Å². The average Bonchev–Trinajstić information content (AvgIpc) is 3.48. The summed E-state index contributed by atoms with van der Waals surface area (Å²) < 4.78 is 5.69. The second-order valence-electron chi connectivity index (χ2n) is 8.07. The van der Waals surface area contributed by atoms with Gasteiger partial charge in [-0.15, -0.1) is 0 Å². The van der Waals surface area contributed by atoms with Crippen LogP contribution in [-0.4, -0.2) is 53.3 Å². The third-order valence-corrected chi connectivity index (χ3v) is 5.67. The molecule has 0 bridgehead atoms. The summed E-state index contributed by atoms with van der Waals surface area (Å²) in [4.78, 5) is 19.9. The molecule has 1 fully saturated rings. The predicted molar refractivity (Wildman–Crippen MR) is 121 cm³/mol. The number of ether oxygens (including phenoxy) is 1. The number of rotatable bonds is 10. The Bertz CT molecular complexity index is 947. The van der Waals surface area contributed by atoms with Gasteiger partial charge in [-0.25, -0.2) is 4.98 Å². The van der Waals surface area contributed by atoms with Gasteiger partial charge in [0, 0.05) is 31.1 Å². The van der Waals surface area contributed by atoms with Crippen molar-refractivity contribution in [3.05, 3.63) is 48.5 Å². The highest BCUT2D eigenvalue weighted by atomic mass is 16.5. The molecule has 0 aliphatic heterocycles. The fraction of sp³-hybridized carbons (Fsp3) is 0.417. The number of H-pyrrole nitrogens is 1. The standard InChI is InChI=1S/C24H30N4O3/c29-19(15-25-13-14-26-24(30)18-5-1-2-6-18)16-31-20-11-9-17(10-12-20)23-27-21-7-3-4-8-22(21)28-23/h3-4,7-12,18-19,25,29H,1-2,5-6,13-16H2,(H,26,30)(H,27,28). The number of para-hydroxylation sites is 2. The molecule has 1 aliphatic rings. The lowest BCUT2D eigenvalue weighted by molar-refractivity contribution is -0.124. The molecule has 2 aromatic carbocycles. The predicted octanol–water partition coefficient (Wildman–Crippen LogP) is 2.87. The molecule has 1 unspecified atom stereocenters. The van der Waals surface area contributed by atoms with Crippen molar-refractivity contribution in [1.29, 1.82) is 0 Å². The summed E-state index contributed by atoms with van der Waals surface area (Å²) in [5.41, 5.74) is 2.92. The lowest BCUT2D eigenvalue weighted by Crippen LogP contribution is -2.38. The Morgan fingerprint density at radius 1 is 1.13 bits per heavy atom. The molecule has 1 aliphatic carbocycles. The van der Waals surface area contributed by atoms with Gasteiger partial charge in [0.1, 0.15) is 24.3 Å². The molecule has 1 heterocycles. The number of aromatic nitrogens is 2. The first-order valence-corrected chi connectivity index (χ1v) is 11.0. The third-order valence-electron chi connectivity index (χ3n) is 5.67. The van der Waals surface area contributed by atoms with Crippen LogP contribution >= 0.6 is 0 Å². The monoisotopic (exact) mass is 422 g/mol. The van der Waals surface area contributed by atoms with Crippen LogP contribution in [0.3, 0.4) is 0 Å². The highest BCUT2D eigenvalue weighted by Crippen LogP contribution is 2.24. The fourth-order valence-electron chi connectivity index (χ4n) is 3.92. The molecule has 1 saturated carbocycles. The minimum atomic E-state index is -0.624. The van der Waals surface area contributed by atoms with Crippen molar-refractivity contribution in [3.63, 3.8) is 0 Å². The van der Waals surface area contributed by atoms with Crippen LogP contribution in [0, 0.1) is 5.92 Å². The van der Waals surface area contributed by atoms with Crippen molar-refractivity contribution in [1.82, 2.24) is 20.6 Å². The number of amides is 1. The molecule has 0 radical (unpaired) electrons. The minimum Gasteiger partial charge on any atom is -0.491 e. The molecule has 0 spiro atoms. The smallest absolute Gasteiger partial charge is 0.223 e. The van der Waals surface area contributed by atoms with Gasteiger partial charge >= 0.3 is 0 Å². The molecular weight excluding hydrogens is 392 g/mol. The molecule has 3 aromatic rings. The number of fused-ring (bicyclic) bond motifs is 1. The van der Waals surface area contributed by atoms with Crippen molar-refractivity contribution in [2.24, 2.45) is 5.92 Å². The van der Waals surface area contributed by atoms with Crippen LogP contribution in [0.2, 0.25) is 0 Å². The van der Waals surface area contributed by atoms with Gasteiger partial charge in [0.15, 0.2) is 0 Å². The van der Waals surface area contributed by atoms with Crippen LogP contribution in [0.5, 0.6) is 5.75 Å². The second kappa shape index (κ2) is 10.4. The molecule has 7 nitrogen and oxygen atoms in total. The van der Waals surface area contributed by atoms with E-state index in [2.05, 4.69) is 20.6 Å². The number of nitrogens with zero attached hydrogens (tertiary/aromatic N) is 1. The van der Waals surface area contributed by atoms with E-state index in [1.807, 2.05) is 48.5 Å². The fourth-order valence-corrected chi connectivity index (χ4v) is 3.92. The lowest BCUT2D eigenvalue weighted by atomic mass is 10.1. The average molecular weight is 423 g/mol. The van der Waals surface area contributed by atoms with E-state index in [0.717, 1.165) is 48.1 Å². The third kappa shape index (κ3) is 5.83. The van der Waals surface area contributed by atoms with E-state index in [1.165, 1.54) is 0 Å². The summed E-state index contributed by atoms with van der Waals surface area (Å²) in [6.07, 6.45) is 3.71. The summed E-state index contributed by atoms with van der Waals surface area (Å²) >= 11 is 0. The highest BCUT2D eigenvalue weighted by molar-refractivity contribution is 5.79. The number of aromatic amines is 1. The Morgan fingerprint density at radius 3 is 2.68 bits per heavy atom. The topological polar surface area (TPSA) is 99.3 Å². The molecule has 4 rings (SSSR count). The molecule has 4 N–H and O–H groups in total. The highest BCUT2D eigenvalue weighted by Gasteiger charge is 2.21. The van der Waals surface area contributed by atoms with Gasteiger partial charge in [0.2, 0.25) is 5.91 Å². The van der Waals surface area contributed by atoms with Crippen LogP contribution < -0.4 is 15.4 Å². The van der Waals surface area contributed by atoms with Crippen LogP contribution in [0.4, 0.5) is 0 Å². The Hall–Kier alpha value is -2.90. The summed E-state index contributed by atoms with van der Waals surface area (Å²) in [5.74, 6) is 1.87. The van der Waals surface area contributed by atoms with Crippen LogP contribution in [0.25, 0.3) is 22.4 Å². The van der Waals surface area contributed by atoms with E-state index in [-0.39, 0.29) is 18.4 Å². The molecule has 0 saturated heterocycles. The SMILES string of the molecule is O=C(NCCNCC(O)COc1ccc(-c2nc3ccccc3[nH]2)cc1)C1CCCC1. The number of hydrogen-bond donors (Lipinski definition) is 4. The summed E-state index contributed by atoms with van der Waals surface area (Å²) in [6, 6.07) is 15.6. The van der Waals surface area contributed by atoms with Crippen molar-refractivity contribution in [3.8, 4) is 17.1 Å². The number of carbonyl (C=O) groups is 1. The maximum atomic E-state index is 11.9. The molecule has 7 heteroatoms. The maximum Gasteiger partial charge on any atom is 0.223 e. The van der Waals surface area contributed by atoms with Gasteiger partial charge in [-0.05, 0) is 49.2 Å². The zero-order valence-electron chi connectivity index (χ0n) is 17.6. The van der Waals surface area contributed by atoms with Crippen LogP contribution in [0.15, 0.2) is 48.5 Å². The van der Waals surface area contributed by atoms with E-state index in [1.54, 1.807) is 0 Å². The van der Waals surface area contributed by atoms with E-state index in [9.17, 15) is 9.90 Å². The quantitative estimate of drug-likeness (QED) is 0.377. The molecule has 1 atom stereocenters. The largest absolute Gasteiger partial charge is 0.491 e. The summed E-state index contributed by atoms with van der Waals surface area (Å²) in [7, 11) is 0. The lowest BCUT2D eigenvalue weighted by Gasteiger charge is -2.14. The normalized spacial score (nSPS) is 15.3. The van der Waals surface area contributed by atoms with E-state index >= 15 is 0 Å². The number of nitrogens with one attached hydrogen (secondary N) is 3. The number of imidazole rings is 1. The first-order chi connectivity index (χ1) is 15.2. The Morgan fingerprint density at radius 2 is 1.90 bits per heavy atom. The van der Waals surface area contributed by atoms with E-state index in [0.29, 0.717) is 25.4 Å². The number of hydrogen-bond acceptors (Lipinski definition) is 5. The number of benzene rings is 2. The van der Waals surface area contributed by atoms with Crippen LogP contribution in [-0.2, 0) is 4.79 Å². The molecule has 1 aromatic heterocycles. The first-order valence-electron chi connectivity index (χ1n) is 11.0. The zero-order valence-corrected chi connectivity index (χ0v) is 17.6. The minimum absolute atomic E-state index is 0.161. The Balaban J connectivity index is 1.15. The van der Waals surface area contributed by atoms with Crippen molar-refractivity contribution < 1.29 is 14.6 Å². The summed E-state index contributed by atoms with van der Waals surface area (Å²) in [6.45, 7) is 1.82. The molecular formula is C24H30N4O3. The molecule has 1 amide bonds. The van der Waals surface area contributed by atoms with E-state index in [4.69, 9.17) is 4.74 Å². The van der Waals surface area contributed by atoms with Crippen LogP contribution in [0.1, 0.15) is 25.7 Å². The van der Waals surface area contributed by atoms with Crippen molar-refractivity contribution >= 4 is 16.9 Å². The van der Waals surface area contributed by atoms with Gasteiger partial charge in [-0.1, -0.05) is 25.0 Å².